The molecule has 0 saturated carbocycles. The fourth-order valence-electron chi connectivity index (χ4n) is 4.70. The van der Waals surface area contributed by atoms with Crippen LogP contribution in [0.25, 0.3) is 33.7 Å². The van der Waals surface area contributed by atoms with Crippen LogP contribution in [0, 0.1) is 0 Å². The van der Waals surface area contributed by atoms with Crippen LogP contribution in [0.15, 0.2) is 51.4 Å². The lowest BCUT2D eigenvalue weighted by Gasteiger charge is -2.15. The molecule has 1 amide bonds. The minimum Gasteiger partial charge on any atom is -0.464 e. The number of benzene rings is 2. The van der Waals surface area contributed by atoms with E-state index in [0.29, 0.717) is 36.0 Å². The Morgan fingerprint density at radius 3 is 2.69 bits per heavy atom. The second kappa shape index (κ2) is 12.9. The first-order valence-corrected chi connectivity index (χ1v) is 14.8. The number of hydrogen-bond acceptors (Lipinski definition) is 8. The number of fused-ring (bicyclic) bond motifs is 1. The van der Waals surface area contributed by atoms with Gasteiger partial charge >= 0.3 is 5.97 Å². The van der Waals surface area contributed by atoms with Gasteiger partial charge in [-0.05, 0) is 64.3 Å². The van der Waals surface area contributed by atoms with Crippen molar-refractivity contribution < 1.29 is 18.7 Å². The Morgan fingerprint density at radius 2 is 1.98 bits per heavy atom. The predicted octanol–water partition coefficient (Wildman–Crippen LogP) is 5.96. The number of nitrogens with one attached hydrogen (secondary N) is 2. The zero-order valence-corrected chi connectivity index (χ0v) is 25.6. The summed E-state index contributed by atoms with van der Waals surface area (Å²) < 4.78 is 13.9. The fourth-order valence-corrected chi connectivity index (χ4v) is 5.59. The number of imidazole rings is 1. The molecule has 13 heteroatoms. The number of hydrogen-bond donors (Lipinski definition) is 2. The molecule has 0 spiro atoms. The molecule has 0 radical (unpaired) electrons. The summed E-state index contributed by atoms with van der Waals surface area (Å²) in [5, 5.41) is 17.9. The third-order valence-corrected chi connectivity index (χ3v) is 7.82. The monoisotopic (exact) mass is 653 g/mol. The minimum absolute atomic E-state index is 0.0843. The number of tetrazole rings is 1. The van der Waals surface area contributed by atoms with Gasteiger partial charge in [0.05, 0.1) is 11.1 Å². The number of rotatable bonds is 11. The number of ether oxygens (including phenoxy) is 1. The summed E-state index contributed by atoms with van der Waals surface area (Å²) in [6.45, 7) is 5.92. The predicted molar refractivity (Wildman–Crippen MR) is 161 cm³/mol. The number of unbranched alkanes of at least 4 members (excludes halogenated alkanes) is 1. The molecule has 11 nitrogen and oxygen atoms in total. The van der Waals surface area contributed by atoms with E-state index in [4.69, 9.17) is 20.8 Å². The Hall–Kier alpha value is -4.03. The number of aromatic nitrogens is 6. The summed E-state index contributed by atoms with van der Waals surface area (Å²) in [5.41, 5.74) is 3.40. The van der Waals surface area contributed by atoms with E-state index >= 15 is 0 Å². The maximum atomic E-state index is 13.3. The van der Waals surface area contributed by atoms with Crippen LogP contribution < -0.4 is 5.32 Å². The van der Waals surface area contributed by atoms with E-state index in [1.54, 1.807) is 13.8 Å². The molecular formula is C29H29BrClN7O4. The molecule has 2 N–H and O–H groups in total. The highest BCUT2D eigenvalue weighted by Gasteiger charge is 2.26. The lowest BCUT2D eigenvalue weighted by atomic mass is 10.0. The van der Waals surface area contributed by atoms with E-state index in [-0.39, 0.29) is 17.5 Å². The van der Waals surface area contributed by atoms with Crippen LogP contribution in [-0.4, -0.2) is 54.7 Å². The number of H-pyrrole nitrogens is 1. The van der Waals surface area contributed by atoms with Crippen LogP contribution in [0.3, 0.4) is 0 Å². The van der Waals surface area contributed by atoms with Crippen LogP contribution in [0.5, 0.6) is 0 Å². The molecule has 218 valence electrons. The average Bonchev–Trinajstić information content (AvgIpc) is 3.70. The molecular weight excluding hydrogens is 626 g/mol. The van der Waals surface area contributed by atoms with Crippen molar-refractivity contribution in [1.82, 2.24) is 35.5 Å². The Bertz CT molecular complexity index is 1730. The summed E-state index contributed by atoms with van der Waals surface area (Å²) in [4.78, 5) is 30.0. The summed E-state index contributed by atoms with van der Waals surface area (Å²) in [6.07, 6.45) is 2.48. The highest BCUT2D eigenvalue weighted by Crippen LogP contribution is 2.41. The van der Waals surface area contributed by atoms with Gasteiger partial charge in [-0.1, -0.05) is 55.3 Å². The smallest absolute Gasteiger partial charge is 0.328 e. The van der Waals surface area contributed by atoms with Crippen LogP contribution in [0.2, 0.25) is 5.15 Å². The van der Waals surface area contributed by atoms with Crippen LogP contribution >= 0.6 is 27.5 Å². The lowest BCUT2D eigenvalue weighted by Crippen LogP contribution is -2.40. The second-order valence-electron chi connectivity index (χ2n) is 9.68. The molecule has 0 saturated heterocycles. The van der Waals surface area contributed by atoms with Gasteiger partial charge in [0, 0.05) is 29.5 Å². The van der Waals surface area contributed by atoms with Gasteiger partial charge in [-0.15, -0.1) is 5.10 Å². The quantitative estimate of drug-likeness (QED) is 0.166. The van der Waals surface area contributed by atoms with Crippen molar-refractivity contribution in [1.29, 1.82) is 0 Å². The van der Waals surface area contributed by atoms with E-state index < -0.39 is 17.9 Å². The number of carbonyl (C=O) groups is 2. The number of halogens is 2. The van der Waals surface area contributed by atoms with Crippen LogP contribution in [-0.2, 0) is 22.5 Å². The molecule has 2 aromatic carbocycles. The van der Waals surface area contributed by atoms with Crippen molar-refractivity contribution in [2.45, 2.75) is 52.6 Å². The van der Waals surface area contributed by atoms with Crippen molar-refractivity contribution in [2.75, 3.05) is 6.61 Å². The largest absolute Gasteiger partial charge is 0.464 e. The van der Waals surface area contributed by atoms with E-state index in [2.05, 4.69) is 53.8 Å². The summed E-state index contributed by atoms with van der Waals surface area (Å²) in [7, 11) is 0. The summed E-state index contributed by atoms with van der Waals surface area (Å²) in [6, 6.07) is 12.7. The summed E-state index contributed by atoms with van der Waals surface area (Å²) in [5.74, 6) is 0.834. The first-order valence-electron chi connectivity index (χ1n) is 13.6. The van der Waals surface area contributed by atoms with Gasteiger partial charge in [0.1, 0.15) is 28.9 Å². The Morgan fingerprint density at radius 1 is 1.19 bits per heavy atom. The van der Waals surface area contributed by atoms with Crippen LogP contribution in [0.4, 0.5) is 0 Å². The third-order valence-electron chi connectivity index (χ3n) is 6.77. The van der Waals surface area contributed by atoms with Gasteiger partial charge in [0.2, 0.25) is 0 Å². The highest BCUT2D eigenvalue weighted by atomic mass is 79.9. The molecule has 0 aliphatic rings. The number of aryl methyl sites for hydroxylation is 1. The van der Waals surface area contributed by atoms with Gasteiger partial charge in [-0.2, -0.15) is 0 Å². The zero-order chi connectivity index (χ0) is 29.8. The van der Waals surface area contributed by atoms with Crippen molar-refractivity contribution in [3.05, 3.63) is 69.2 Å². The molecule has 0 bridgehead atoms. The van der Waals surface area contributed by atoms with E-state index in [0.717, 1.165) is 39.4 Å². The van der Waals surface area contributed by atoms with Gasteiger partial charge in [0.15, 0.2) is 11.0 Å². The van der Waals surface area contributed by atoms with Gasteiger partial charge < -0.3 is 19.0 Å². The van der Waals surface area contributed by atoms with Crippen molar-refractivity contribution in [3.8, 4) is 22.7 Å². The SMILES string of the molecule is CCCCc1nc(Cl)c(C(=O)N[C@@H](C)C(=O)OCC)n1Cc1ccc2oc(-c3ccccc3-c3nnn[nH]3)c(Br)c2c1. The molecule has 42 heavy (non-hydrogen) atoms. The molecule has 0 aliphatic carbocycles. The molecule has 0 fully saturated rings. The third kappa shape index (κ3) is 5.95. The molecule has 0 unspecified atom stereocenters. The molecule has 3 heterocycles. The second-order valence-corrected chi connectivity index (χ2v) is 10.8. The number of carbonyl (C=O) groups excluding carboxylic acids is 2. The number of furan rings is 1. The van der Waals surface area contributed by atoms with Gasteiger partial charge in [-0.3, -0.25) is 4.79 Å². The molecule has 3 aromatic heterocycles. The van der Waals surface area contributed by atoms with Crippen molar-refractivity contribution in [3.63, 3.8) is 0 Å². The molecule has 5 rings (SSSR count). The molecule has 0 aliphatic heterocycles. The van der Waals surface area contributed by atoms with Crippen molar-refractivity contribution >= 4 is 50.4 Å². The number of aromatic amines is 1. The lowest BCUT2D eigenvalue weighted by molar-refractivity contribution is -0.144. The maximum Gasteiger partial charge on any atom is 0.328 e. The van der Waals surface area contributed by atoms with Crippen molar-refractivity contribution in [2.24, 2.45) is 0 Å². The molecule has 5 aromatic rings. The fraction of sp³-hybridized carbons (Fsp3) is 0.310. The van der Waals surface area contributed by atoms with Gasteiger partial charge in [0.25, 0.3) is 5.91 Å². The zero-order valence-electron chi connectivity index (χ0n) is 23.3. The van der Waals surface area contributed by atoms with Gasteiger partial charge in [-0.25, -0.2) is 14.9 Å². The Labute approximate surface area is 255 Å². The summed E-state index contributed by atoms with van der Waals surface area (Å²) >= 11 is 10.3. The Balaban J connectivity index is 1.51. The Kier molecular flexibility index (Phi) is 9.03. The first-order chi connectivity index (χ1) is 20.3. The number of amides is 1. The topological polar surface area (TPSA) is 141 Å². The van der Waals surface area contributed by atoms with E-state index in [9.17, 15) is 9.59 Å². The number of esters is 1. The molecule has 1 atom stereocenters. The van der Waals surface area contributed by atoms with E-state index in [1.165, 1.54) is 0 Å². The minimum atomic E-state index is -0.844. The first kappa shape index (κ1) is 29.5. The highest BCUT2D eigenvalue weighted by molar-refractivity contribution is 9.10. The number of nitrogens with zero attached hydrogens (tertiary/aromatic N) is 5. The average molecular weight is 655 g/mol. The van der Waals surface area contributed by atoms with Crippen LogP contribution in [0.1, 0.15) is 55.5 Å². The van der Waals surface area contributed by atoms with E-state index in [1.807, 2.05) is 47.0 Å². The standard InChI is InChI=1S/C29H29BrClN7O4/c1-4-6-11-22-33-26(31)24(28(39)32-16(3)29(40)41-5-2)38(22)15-17-12-13-21-20(14-17)23(30)25(42-21)18-9-7-8-10-19(18)27-34-36-37-35-27/h7-10,12-14,16H,4-6,11,15H2,1-3H3,(H,32,39)(H,34,35,36,37)/t16-/m0/s1. The maximum absolute atomic E-state index is 13.3. The normalized spacial score (nSPS) is 12.0.